The number of rotatable bonds is 7. The van der Waals surface area contributed by atoms with E-state index < -0.39 is 28.5 Å². The molecule has 0 aliphatic heterocycles. The molecule has 0 saturated carbocycles. The van der Waals surface area contributed by atoms with Crippen LogP contribution in [-0.2, 0) is 17.2 Å². The van der Waals surface area contributed by atoms with Crippen molar-refractivity contribution in [2.24, 2.45) is 4.36 Å². The average Bonchev–Trinajstić information content (AvgIpc) is 2.83. The Balaban J connectivity index is 1.95. The number of carbonyl (C=O) groups is 1. The number of hydrogen-bond acceptors (Lipinski definition) is 4. The Bertz CT molecular complexity index is 1370. The van der Waals surface area contributed by atoms with Gasteiger partial charge in [0.25, 0.3) is 12.3 Å². The Morgan fingerprint density at radius 1 is 1.20 bits per heavy atom. The van der Waals surface area contributed by atoms with Gasteiger partial charge in [-0.15, -0.1) is 4.36 Å². The average molecular weight is 497 g/mol. The van der Waals surface area contributed by atoms with Crippen molar-refractivity contribution in [2.75, 3.05) is 6.26 Å². The lowest BCUT2D eigenvalue weighted by Gasteiger charge is -2.20. The molecule has 2 aromatic carbocycles. The number of pyridine rings is 1. The first kappa shape index (κ1) is 26.0. The zero-order valence-electron chi connectivity index (χ0n) is 19.9. The number of alkyl halides is 2. The van der Waals surface area contributed by atoms with E-state index in [4.69, 9.17) is 5.26 Å². The minimum atomic E-state index is -2.67. The molecule has 1 unspecified atom stereocenters. The largest absolute Gasteiger partial charge is 0.348 e. The molecule has 3 rings (SSSR count). The van der Waals surface area contributed by atoms with Crippen molar-refractivity contribution in [3.63, 3.8) is 0 Å². The van der Waals surface area contributed by atoms with Gasteiger partial charge < -0.3 is 9.88 Å². The van der Waals surface area contributed by atoms with Crippen molar-refractivity contribution < 1.29 is 13.6 Å². The predicted octanol–water partition coefficient (Wildman–Crippen LogP) is 5.54. The maximum Gasteiger partial charge on any atom is 0.263 e. The van der Waals surface area contributed by atoms with E-state index in [9.17, 15) is 18.4 Å². The van der Waals surface area contributed by atoms with Crippen molar-refractivity contribution >= 4 is 16.6 Å². The van der Waals surface area contributed by atoms with E-state index in [-0.39, 0.29) is 29.3 Å². The number of amides is 1. The van der Waals surface area contributed by atoms with Gasteiger partial charge in [0, 0.05) is 40.5 Å². The first-order valence-corrected chi connectivity index (χ1v) is 12.5. The minimum Gasteiger partial charge on any atom is -0.348 e. The van der Waals surface area contributed by atoms with Crippen LogP contribution in [0.2, 0.25) is 0 Å². The number of benzene rings is 2. The van der Waals surface area contributed by atoms with Crippen molar-refractivity contribution in [1.29, 1.82) is 5.26 Å². The highest BCUT2D eigenvalue weighted by Crippen LogP contribution is 2.27. The predicted molar refractivity (Wildman–Crippen MR) is 133 cm³/mol. The lowest BCUT2D eigenvalue weighted by molar-refractivity contribution is 0.0949. The first-order valence-electron chi connectivity index (χ1n) is 10.9. The van der Waals surface area contributed by atoms with Gasteiger partial charge in [0.15, 0.2) is 0 Å². The van der Waals surface area contributed by atoms with Gasteiger partial charge in [0.1, 0.15) is 5.56 Å². The van der Waals surface area contributed by atoms with Gasteiger partial charge >= 0.3 is 0 Å². The SMILES string of the molecule is Cc1c(-c2cccc(C(F)F)c2)c(=O)c(C(=O)NCc2ccc(S(C)=NC#N)cc2)cn1C(C)C. The van der Waals surface area contributed by atoms with E-state index in [1.54, 1.807) is 23.8 Å². The van der Waals surface area contributed by atoms with E-state index >= 15 is 0 Å². The van der Waals surface area contributed by atoms with E-state index in [1.165, 1.54) is 24.4 Å². The van der Waals surface area contributed by atoms with Gasteiger partial charge in [-0.1, -0.05) is 41.0 Å². The second kappa shape index (κ2) is 11.2. The maximum absolute atomic E-state index is 13.4. The molecule has 1 aromatic heterocycles. The number of nitrogens with zero attached hydrogens (tertiary/aromatic N) is 3. The van der Waals surface area contributed by atoms with Crippen LogP contribution in [0.15, 0.2) is 68.8 Å². The van der Waals surface area contributed by atoms with Crippen molar-refractivity contribution in [2.45, 2.75) is 44.7 Å². The molecular formula is C26H26F2N4O2S. The molecule has 1 atom stereocenters. The van der Waals surface area contributed by atoms with Gasteiger partial charge in [-0.2, -0.15) is 5.26 Å². The topological polar surface area (TPSA) is 87.2 Å². The third-order valence-electron chi connectivity index (χ3n) is 5.61. The standard InChI is InChI=1S/C26H26F2N4O2S/c1-16(2)32-14-22(24(33)23(17(32)3)19-6-5-7-20(12-19)25(27)28)26(34)30-13-18-8-10-21(11-9-18)35(4)31-15-29/h5-12,14,16,25H,13H2,1-4H3,(H,30,34). The van der Waals surface area contributed by atoms with Crippen LogP contribution in [0.4, 0.5) is 8.78 Å². The molecule has 0 aliphatic carbocycles. The van der Waals surface area contributed by atoms with E-state index in [1.807, 2.05) is 44.4 Å². The molecule has 0 aliphatic rings. The Kier molecular flexibility index (Phi) is 8.30. The van der Waals surface area contributed by atoms with Crippen molar-refractivity contribution in [1.82, 2.24) is 9.88 Å². The molecule has 6 nitrogen and oxygen atoms in total. The van der Waals surface area contributed by atoms with Gasteiger partial charge in [-0.05, 0) is 56.4 Å². The van der Waals surface area contributed by atoms with Crippen LogP contribution in [0.25, 0.3) is 11.1 Å². The van der Waals surface area contributed by atoms with Crippen LogP contribution in [0.3, 0.4) is 0 Å². The van der Waals surface area contributed by atoms with Gasteiger partial charge in [0.2, 0.25) is 11.6 Å². The van der Waals surface area contributed by atoms with E-state index in [0.29, 0.717) is 11.3 Å². The molecular weight excluding hydrogens is 470 g/mol. The smallest absolute Gasteiger partial charge is 0.263 e. The molecule has 3 aromatic rings. The highest BCUT2D eigenvalue weighted by Gasteiger charge is 2.21. The molecule has 9 heteroatoms. The van der Waals surface area contributed by atoms with Crippen LogP contribution in [-0.4, -0.2) is 16.7 Å². The second-order valence-corrected chi connectivity index (χ2v) is 9.87. The number of hydrogen-bond donors (Lipinski definition) is 1. The zero-order chi connectivity index (χ0) is 25.7. The van der Waals surface area contributed by atoms with Crippen LogP contribution in [0, 0.1) is 18.4 Å². The summed E-state index contributed by atoms with van der Waals surface area (Å²) in [5.41, 5.74) is 1.25. The molecule has 0 saturated heterocycles. The van der Waals surface area contributed by atoms with Crippen LogP contribution in [0.1, 0.15) is 53.5 Å². The fraction of sp³-hybridized carbons (Fsp3) is 0.269. The molecule has 0 fully saturated rings. The molecule has 1 amide bonds. The van der Waals surface area contributed by atoms with Crippen molar-refractivity contribution in [3.8, 4) is 17.3 Å². The van der Waals surface area contributed by atoms with Crippen LogP contribution < -0.4 is 10.7 Å². The zero-order valence-corrected chi connectivity index (χ0v) is 20.7. The van der Waals surface area contributed by atoms with Crippen LogP contribution >= 0.6 is 0 Å². The monoisotopic (exact) mass is 496 g/mol. The summed E-state index contributed by atoms with van der Waals surface area (Å²) in [6.45, 7) is 5.77. The fourth-order valence-electron chi connectivity index (χ4n) is 3.79. The number of nitriles is 1. The second-order valence-electron chi connectivity index (χ2n) is 8.26. The molecule has 182 valence electrons. The summed E-state index contributed by atoms with van der Waals surface area (Å²) in [5, 5.41) is 11.5. The Morgan fingerprint density at radius 2 is 1.89 bits per heavy atom. The summed E-state index contributed by atoms with van der Waals surface area (Å²) < 4.78 is 32.2. The molecule has 35 heavy (non-hydrogen) atoms. The normalized spacial score (nSPS) is 12.1. The molecule has 1 N–H and O–H groups in total. The third-order valence-corrected chi connectivity index (χ3v) is 6.92. The van der Waals surface area contributed by atoms with Gasteiger partial charge in [-0.25, -0.2) is 8.78 Å². The lowest BCUT2D eigenvalue weighted by atomic mass is 9.98. The highest BCUT2D eigenvalue weighted by molar-refractivity contribution is 7.86. The summed E-state index contributed by atoms with van der Waals surface area (Å²) >= 11 is 0. The molecule has 1 heterocycles. The maximum atomic E-state index is 13.4. The minimum absolute atomic E-state index is 0.0544. The molecule has 0 radical (unpaired) electrons. The Labute approximate surface area is 205 Å². The van der Waals surface area contributed by atoms with Gasteiger partial charge in [-0.3, -0.25) is 9.59 Å². The lowest BCUT2D eigenvalue weighted by Crippen LogP contribution is -2.31. The fourth-order valence-corrected chi connectivity index (χ4v) is 4.54. The Morgan fingerprint density at radius 3 is 2.49 bits per heavy atom. The van der Waals surface area contributed by atoms with Crippen LogP contribution in [0.5, 0.6) is 0 Å². The first-order chi connectivity index (χ1) is 16.6. The summed E-state index contributed by atoms with van der Waals surface area (Å²) in [7, 11) is -0.537. The third kappa shape index (κ3) is 5.89. The number of carbonyl (C=O) groups excluding carboxylic acids is 1. The number of halogens is 2. The van der Waals surface area contributed by atoms with Crippen molar-refractivity contribution in [3.05, 3.63) is 87.3 Å². The molecule has 0 spiro atoms. The molecule has 0 bridgehead atoms. The summed E-state index contributed by atoms with van der Waals surface area (Å²) in [6.07, 6.45) is 2.49. The number of nitrogens with one attached hydrogen (secondary N) is 1. The summed E-state index contributed by atoms with van der Waals surface area (Å²) in [5.74, 6) is -0.547. The van der Waals surface area contributed by atoms with E-state index in [0.717, 1.165) is 10.5 Å². The van der Waals surface area contributed by atoms with E-state index in [2.05, 4.69) is 9.68 Å². The summed E-state index contributed by atoms with van der Waals surface area (Å²) in [6, 6.07) is 13.0. The Hall–Kier alpha value is -3.64. The number of aromatic nitrogens is 1. The highest BCUT2D eigenvalue weighted by atomic mass is 32.2. The van der Waals surface area contributed by atoms with Gasteiger partial charge in [0.05, 0.1) is 0 Å². The summed E-state index contributed by atoms with van der Waals surface area (Å²) in [4.78, 5) is 27.3. The quantitative estimate of drug-likeness (QED) is 0.436.